The van der Waals surface area contributed by atoms with E-state index in [1.54, 1.807) is 7.11 Å². The van der Waals surface area contributed by atoms with Crippen LogP contribution >= 0.6 is 11.8 Å². The van der Waals surface area contributed by atoms with Crippen molar-refractivity contribution in [3.05, 3.63) is 35.4 Å². The van der Waals surface area contributed by atoms with Gasteiger partial charge in [-0.1, -0.05) is 25.1 Å². The first kappa shape index (κ1) is 23.3. The number of fused-ring (bicyclic) bond motifs is 2. The third-order valence-corrected chi connectivity index (χ3v) is 7.76. The fourth-order valence-corrected chi connectivity index (χ4v) is 5.80. The molecule has 0 atom stereocenters. The number of methoxy groups -OCH3 is 1. The van der Waals surface area contributed by atoms with E-state index in [0.717, 1.165) is 45.9 Å². The number of hydrogen-bond acceptors (Lipinski definition) is 6. The third-order valence-electron chi connectivity index (χ3n) is 6.68. The van der Waals surface area contributed by atoms with E-state index in [2.05, 4.69) is 72.1 Å². The summed E-state index contributed by atoms with van der Waals surface area (Å²) in [6.07, 6.45) is 2.45. The summed E-state index contributed by atoms with van der Waals surface area (Å²) in [5, 5.41) is 3.77. The standard InChI is InChI=1S/C26H38N4OS/c1-6-7-8-28(4)21-15-19(2)25-23(17-21)32-24-18-22(16-20(3)26(24)27-25)30-11-9-29(10-12-30)13-14-31-5/h15-18,27H,6-14H2,1-5H3. The van der Waals surface area contributed by atoms with E-state index in [1.165, 1.54) is 56.5 Å². The molecule has 32 heavy (non-hydrogen) atoms. The smallest absolute Gasteiger partial charge is 0.0589 e. The molecule has 2 aliphatic rings. The molecule has 1 fully saturated rings. The molecule has 4 rings (SSSR count). The Morgan fingerprint density at radius 3 is 2.38 bits per heavy atom. The molecule has 0 amide bonds. The first-order valence-corrected chi connectivity index (χ1v) is 12.7. The number of hydrogen-bond donors (Lipinski definition) is 1. The topological polar surface area (TPSA) is 31.0 Å². The number of aryl methyl sites for hydroxylation is 2. The van der Waals surface area contributed by atoms with Gasteiger partial charge in [0.25, 0.3) is 0 Å². The Bertz CT molecular complexity index is 940. The van der Waals surface area contributed by atoms with Gasteiger partial charge in [-0.25, -0.2) is 0 Å². The summed E-state index contributed by atoms with van der Waals surface area (Å²) in [5.41, 5.74) is 7.82. The van der Waals surface area contributed by atoms with E-state index >= 15 is 0 Å². The highest BCUT2D eigenvalue weighted by Crippen LogP contribution is 2.49. The molecule has 1 saturated heterocycles. The van der Waals surface area contributed by atoms with Gasteiger partial charge >= 0.3 is 0 Å². The lowest BCUT2D eigenvalue weighted by Crippen LogP contribution is -2.47. The molecule has 2 aromatic rings. The van der Waals surface area contributed by atoms with Gasteiger partial charge in [-0.2, -0.15) is 0 Å². The Morgan fingerprint density at radius 1 is 1.00 bits per heavy atom. The van der Waals surface area contributed by atoms with Crippen LogP contribution in [0.15, 0.2) is 34.1 Å². The fraction of sp³-hybridized carbons (Fsp3) is 0.538. The van der Waals surface area contributed by atoms with Crippen molar-refractivity contribution in [3.8, 4) is 0 Å². The lowest BCUT2D eigenvalue weighted by atomic mass is 10.1. The fourth-order valence-electron chi connectivity index (χ4n) is 4.58. The van der Waals surface area contributed by atoms with Crippen LogP contribution in [0.5, 0.6) is 0 Å². The van der Waals surface area contributed by atoms with Crippen molar-refractivity contribution >= 4 is 34.5 Å². The molecule has 2 heterocycles. The van der Waals surface area contributed by atoms with Gasteiger partial charge in [-0.05, 0) is 55.7 Å². The minimum Gasteiger partial charge on any atom is -0.383 e. The van der Waals surface area contributed by atoms with Crippen molar-refractivity contribution in [1.29, 1.82) is 0 Å². The van der Waals surface area contributed by atoms with Crippen molar-refractivity contribution in [1.82, 2.24) is 4.90 Å². The maximum Gasteiger partial charge on any atom is 0.0589 e. The predicted molar refractivity (Wildman–Crippen MR) is 138 cm³/mol. The molecule has 0 aliphatic carbocycles. The van der Waals surface area contributed by atoms with Crippen LogP contribution in [-0.2, 0) is 4.74 Å². The molecule has 0 bridgehead atoms. The minimum absolute atomic E-state index is 0.814. The van der Waals surface area contributed by atoms with E-state index in [1.807, 2.05) is 11.8 Å². The van der Waals surface area contributed by atoms with Crippen LogP contribution in [-0.4, -0.2) is 64.9 Å². The molecule has 0 saturated carbocycles. The Balaban J connectivity index is 1.53. The van der Waals surface area contributed by atoms with Gasteiger partial charge in [0.2, 0.25) is 0 Å². The van der Waals surface area contributed by atoms with Crippen molar-refractivity contribution in [2.75, 3.05) is 75.1 Å². The van der Waals surface area contributed by atoms with Crippen LogP contribution in [0.3, 0.4) is 0 Å². The summed E-state index contributed by atoms with van der Waals surface area (Å²) in [6.45, 7) is 14.0. The highest BCUT2D eigenvalue weighted by atomic mass is 32.2. The van der Waals surface area contributed by atoms with Gasteiger partial charge in [0.05, 0.1) is 18.0 Å². The van der Waals surface area contributed by atoms with Crippen LogP contribution in [0.1, 0.15) is 30.9 Å². The van der Waals surface area contributed by atoms with E-state index in [-0.39, 0.29) is 0 Å². The second-order valence-corrected chi connectivity index (χ2v) is 10.2. The molecular weight excluding hydrogens is 416 g/mol. The van der Waals surface area contributed by atoms with E-state index < -0.39 is 0 Å². The summed E-state index contributed by atoms with van der Waals surface area (Å²) in [7, 11) is 3.99. The number of piperazine rings is 1. The SMILES string of the molecule is CCCCN(C)c1cc(C)c2c(c1)Sc1cc(N3CCN(CCOC)CC3)cc(C)c1N2. The van der Waals surface area contributed by atoms with Gasteiger partial charge < -0.3 is 19.9 Å². The number of anilines is 4. The molecule has 0 spiro atoms. The summed E-state index contributed by atoms with van der Waals surface area (Å²) in [6, 6.07) is 9.41. The van der Waals surface area contributed by atoms with E-state index in [9.17, 15) is 0 Å². The summed E-state index contributed by atoms with van der Waals surface area (Å²) in [4.78, 5) is 10.1. The van der Waals surface area contributed by atoms with Crippen LogP contribution < -0.4 is 15.1 Å². The zero-order valence-electron chi connectivity index (χ0n) is 20.3. The first-order valence-electron chi connectivity index (χ1n) is 11.9. The molecule has 2 aromatic carbocycles. The number of rotatable bonds is 8. The summed E-state index contributed by atoms with van der Waals surface area (Å²) < 4.78 is 5.25. The molecule has 174 valence electrons. The van der Waals surface area contributed by atoms with Crippen molar-refractivity contribution in [3.63, 3.8) is 0 Å². The Hall–Kier alpha value is -1.89. The second kappa shape index (κ2) is 10.4. The quantitative estimate of drug-likeness (QED) is 0.483. The largest absolute Gasteiger partial charge is 0.383 e. The molecule has 5 nitrogen and oxygen atoms in total. The lowest BCUT2D eigenvalue weighted by Gasteiger charge is -2.37. The molecule has 6 heteroatoms. The Kier molecular flexibility index (Phi) is 7.54. The molecule has 1 N–H and O–H groups in total. The van der Waals surface area contributed by atoms with E-state index in [0.29, 0.717) is 0 Å². The maximum absolute atomic E-state index is 5.25. The van der Waals surface area contributed by atoms with Gasteiger partial charge in [0, 0.05) is 74.6 Å². The highest BCUT2D eigenvalue weighted by molar-refractivity contribution is 7.99. The zero-order chi connectivity index (χ0) is 22.7. The molecule has 0 unspecified atom stereocenters. The molecular formula is C26H38N4OS. The van der Waals surface area contributed by atoms with Crippen molar-refractivity contribution in [2.45, 2.75) is 43.4 Å². The zero-order valence-corrected chi connectivity index (χ0v) is 21.1. The number of nitrogens with zero attached hydrogens (tertiary/aromatic N) is 3. The lowest BCUT2D eigenvalue weighted by molar-refractivity contribution is 0.144. The average Bonchev–Trinajstić information content (AvgIpc) is 2.80. The van der Waals surface area contributed by atoms with Gasteiger partial charge in [-0.3, -0.25) is 4.90 Å². The monoisotopic (exact) mass is 454 g/mol. The molecule has 0 radical (unpaired) electrons. The normalized spacial score (nSPS) is 15.8. The van der Waals surface area contributed by atoms with Crippen LogP contribution in [0.25, 0.3) is 0 Å². The van der Waals surface area contributed by atoms with Gasteiger partial charge in [0.1, 0.15) is 0 Å². The Morgan fingerprint density at radius 2 is 1.69 bits per heavy atom. The molecule has 0 aromatic heterocycles. The second-order valence-electron chi connectivity index (χ2n) is 9.10. The number of nitrogens with one attached hydrogen (secondary N) is 1. The van der Waals surface area contributed by atoms with Crippen LogP contribution in [0.4, 0.5) is 22.7 Å². The average molecular weight is 455 g/mol. The number of unbranched alkanes of at least 4 members (excludes halogenated alkanes) is 1. The van der Waals surface area contributed by atoms with E-state index in [4.69, 9.17) is 4.74 Å². The third kappa shape index (κ3) is 5.03. The highest BCUT2D eigenvalue weighted by Gasteiger charge is 2.24. The maximum atomic E-state index is 5.25. The van der Waals surface area contributed by atoms with Crippen molar-refractivity contribution in [2.24, 2.45) is 0 Å². The number of ether oxygens (including phenoxy) is 1. The van der Waals surface area contributed by atoms with Crippen molar-refractivity contribution < 1.29 is 4.74 Å². The molecule has 2 aliphatic heterocycles. The summed E-state index contributed by atoms with van der Waals surface area (Å²) in [5.74, 6) is 0. The van der Waals surface area contributed by atoms with Gasteiger partial charge in [-0.15, -0.1) is 0 Å². The van der Waals surface area contributed by atoms with Gasteiger partial charge in [0.15, 0.2) is 0 Å². The van der Waals surface area contributed by atoms with Crippen LogP contribution in [0, 0.1) is 13.8 Å². The van der Waals surface area contributed by atoms with Crippen LogP contribution in [0.2, 0.25) is 0 Å². The minimum atomic E-state index is 0.814. The first-order chi connectivity index (χ1) is 15.5. The number of benzene rings is 2. The predicted octanol–water partition coefficient (Wildman–Crippen LogP) is 5.52. The summed E-state index contributed by atoms with van der Waals surface area (Å²) >= 11 is 1.91. The Labute approximate surface area is 198 Å².